The minimum atomic E-state index is 0.299. The van der Waals surface area contributed by atoms with Gasteiger partial charge in [-0.1, -0.05) is 6.42 Å². The Morgan fingerprint density at radius 2 is 2.30 bits per heavy atom. The van der Waals surface area contributed by atoms with Crippen molar-refractivity contribution in [3.63, 3.8) is 0 Å². The third kappa shape index (κ3) is 2.30. The Morgan fingerprint density at radius 3 is 3.00 bits per heavy atom. The van der Waals surface area contributed by atoms with E-state index in [9.17, 15) is 0 Å². The Bertz CT molecular complexity index is 697. The molecule has 2 heterocycles. The topological polar surface area (TPSA) is 73.6 Å². The van der Waals surface area contributed by atoms with Crippen LogP contribution in [-0.4, -0.2) is 45.4 Å². The fraction of sp³-hybridized carbons (Fsp3) is 0.688. The number of hydrogen-bond acceptors (Lipinski definition) is 6. The van der Waals surface area contributed by atoms with Crippen LogP contribution in [0.5, 0.6) is 0 Å². The van der Waals surface area contributed by atoms with Crippen LogP contribution in [0.3, 0.4) is 0 Å². The molecule has 0 saturated heterocycles. The smallest absolute Gasteiger partial charge is 0.254 e. The summed E-state index contributed by atoms with van der Waals surface area (Å²) in [6, 6.07) is 2.43. The minimum Gasteiger partial charge on any atom is -0.378 e. The largest absolute Gasteiger partial charge is 0.378 e. The Morgan fingerprint density at radius 1 is 1.43 bits per heavy atom. The number of fused-ring (bicyclic) bond motifs is 1. The molecule has 2 unspecified atom stereocenters. The summed E-state index contributed by atoms with van der Waals surface area (Å²) in [5.74, 6) is 1.54. The van der Waals surface area contributed by atoms with Gasteiger partial charge < -0.3 is 14.8 Å². The third-order valence-electron chi connectivity index (χ3n) is 5.36. The highest BCUT2D eigenvalue weighted by atomic mass is 16.5. The van der Waals surface area contributed by atoms with E-state index in [0.29, 0.717) is 29.9 Å². The molecule has 2 aliphatic rings. The van der Waals surface area contributed by atoms with Crippen molar-refractivity contribution >= 4 is 11.6 Å². The lowest BCUT2D eigenvalue weighted by molar-refractivity contribution is -0.157. The van der Waals surface area contributed by atoms with Crippen LogP contribution in [0.15, 0.2) is 12.4 Å². The van der Waals surface area contributed by atoms with Gasteiger partial charge in [0.05, 0.1) is 18.4 Å². The predicted molar refractivity (Wildman–Crippen MR) is 85.2 cm³/mol. The summed E-state index contributed by atoms with van der Waals surface area (Å²) >= 11 is 0. The van der Waals surface area contributed by atoms with Crippen molar-refractivity contribution < 1.29 is 9.47 Å². The Labute approximate surface area is 135 Å². The molecule has 7 heteroatoms. The molecule has 2 aliphatic carbocycles. The van der Waals surface area contributed by atoms with Crippen molar-refractivity contribution in [1.29, 1.82) is 0 Å². The highest BCUT2D eigenvalue weighted by Crippen LogP contribution is 2.58. The Balaban J connectivity index is 1.59. The fourth-order valence-electron chi connectivity index (χ4n) is 4.01. The molecule has 0 aliphatic heterocycles. The van der Waals surface area contributed by atoms with E-state index in [1.165, 1.54) is 25.6 Å². The highest BCUT2D eigenvalue weighted by molar-refractivity contribution is 5.47. The van der Waals surface area contributed by atoms with Crippen molar-refractivity contribution in [1.82, 2.24) is 19.6 Å². The number of rotatable bonds is 6. The van der Waals surface area contributed by atoms with Gasteiger partial charge in [-0.05, 0) is 26.2 Å². The zero-order valence-electron chi connectivity index (χ0n) is 13.7. The quantitative estimate of drug-likeness (QED) is 0.879. The summed E-state index contributed by atoms with van der Waals surface area (Å²) in [4.78, 5) is 8.66. The SMILES string of the molecule is CCOC1CC(Nc2cc(COC)nc3ncnn23)C12CCC2. The van der Waals surface area contributed by atoms with E-state index >= 15 is 0 Å². The first kappa shape index (κ1) is 14.8. The van der Waals surface area contributed by atoms with E-state index in [0.717, 1.165) is 24.5 Å². The zero-order valence-corrected chi connectivity index (χ0v) is 13.7. The van der Waals surface area contributed by atoms with E-state index in [4.69, 9.17) is 9.47 Å². The standard InChI is InChI=1S/C16H23N5O2/c1-3-23-13-8-12(16(13)5-4-6-16)20-14-7-11(9-22-2)19-15-17-10-18-21(14)15/h7,10,12-13,20H,3-6,8-9H2,1-2H3. The van der Waals surface area contributed by atoms with Gasteiger partial charge in [-0.3, -0.25) is 0 Å². The predicted octanol–water partition coefficient (Wildman–Crippen LogP) is 2.03. The van der Waals surface area contributed by atoms with Crippen molar-refractivity contribution in [3.8, 4) is 0 Å². The average Bonchev–Trinajstić information content (AvgIpc) is 2.93. The van der Waals surface area contributed by atoms with E-state index < -0.39 is 0 Å². The monoisotopic (exact) mass is 317 g/mol. The second-order valence-electron chi connectivity index (χ2n) is 6.50. The molecule has 2 aromatic rings. The van der Waals surface area contributed by atoms with Gasteiger partial charge in [-0.2, -0.15) is 14.6 Å². The van der Waals surface area contributed by atoms with E-state index in [1.807, 2.05) is 6.07 Å². The second kappa shape index (κ2) is 5.72. The Kier molecular flexibility index (Phi) is 3.69. The van der Waals surface area contributed by atoms with E-state index in [-0.39, 0.29) is 0 Å². The van der Waals surface area contributed by atoms with Gasteiger partial charge in [0.15, 0.2) is 0 Å². The van der Waals surface area contributed by atoms with Gasteiger partial charge in [0.2, 0.25) is 0 Å². The maximum absolute atomic E-state index is 5.93. The van der Waals surface area contributed by atoms with Crippen LogP contribution in [0.25, 0.3) is 5.78 Å². The summed E-state index contributed by atoms with van der Waals surface area (Å²) < 4.78 is 12.9. The molecule has 2 saturated carbocycles. The van der Waals surface area contributed by atoms with Gasteiger partial charge in [-0.15, -0.1) is 0 Å². The van der Waals surface area contributed by atoms with Gasteiger partial charge in [0.1, 0.15) is 12.1 Å². The minimum absolute atomic E-state index is 0.299. The molecular weight excluding hydrogens is 294 g/mol. The molecular formula is C16H23N5O2. The second-order valence-corrected chi connectivity index (χ2v) is 6.50. The molecule has 2 aromatic heterocycles. The highest BCUT2D eigenvalue weighted by Gasteiger charge is 2.59. The van der Waals surface area contributed by atoms with Gasteiger partial charge in [-0.25, -0.2) is 4.98 Å². The van der Waals surface area contributed by atoms with Crippen molar-refractivity contribution in [3.05, 3.63) is 18.1 Å². The van der Waals surface area contributed by atoms with Crippen molar-refractivity contribution in [2.45, 2.75) is 51.4 Å². The molecule has 7 nitrogen and oxygen atoms in total. The van der Waals surface area contributed by atoms with Crippen molar-refractivity contribution in [2.24, 2.45) is 5.41 Å². The molecule has 2 fully saturated rings. The zero-order chi connectivity index (χ0) is 15.9. The fourth-order valence-corrected chi connectivity index (χ4v) is 4.01. The summed E-state index contributed by atoms with van der Waals surface area (Å²) in [5.41, 5.74) is 1.16. The molecule has 124 valence electrons. The molecule has 1 N–H and O–H groups in total. The third-order valence-corrected chi connectivity index (χ3v) is 5.36. The number of methoxy groups -OCH3 is 1. The van der Waals surface area contributed by atoms with Crippen molar-refractivity contribution in [2.75, 3.05) is 19.0 Å². The van der Waals surface area contributed by atoms with Gasteiger partial charge in [0.25, 0.3) is 5.78 Å². The first-order chi connectivity index (χ1) is 11.3. The molecule has 0 amide bonds. The summed E-state index contributed by atoms with van der Waals surface area (Å²) in [6.07, 6.45) is 6.76. The number of ether oxygens (including phenoxy) is 2. The lowest BCUT2D eigenvalue weighted by Gasteiger charge is -2.61. The van der Waals surface area contributed by atoms with Crippen LogP contribution in [0.2, 0.25) is 0 Å². The Hall–Kier alpha value is -1.73. The number of nitrogens with zero attached hydrogens (tertiary/aromatic N) is 4. The van der Waals surface area contributed by atoms with E-state index in [2.05, 4.69) is 27.3 Å². The molecule has 23 heavy (non-hydrogen) atoms. The van der Waals surface area contributed by atoms with E-state index in [1.54, 1.807) is 11.6 Å². The van der Waals surface area contributed by atoms with Crippen LogP contribution < -0.4 is 5.32 Å². The maximum Gasteiger partial charge on any atom is 0.254 e. The molecule has 2 atom stereocenters. The summed E-state index contributed by atoms with van der Waals surface area (Å²) in [5, 5.41) is 7.96. The van der Waals surface area contributed by atoms with Crippen LogP contribution >= 0.6 is 0 Å². The van der Waals surface area contributed by atoms with Crippen LogP contribution in [0.4, 0.5) is 5.82 Å². The number of nitrogens with one attached hydrogen (secondary N) is 1. The summed E-state index contributed by atoms with van der Waals surface area (Å²) in [7, 11) is 1.67. The summed E-state index contributed by atoms with van der Waals surface area (Å²) in [6.45, 7) is 3.33. The molecule has 0 bridgehead atoms. The first-order valence-electron chi connectivity index (χ1n) is 8.33. The molecule has 1 spiro atoms. The normalized spacial score (nSPS) is 25.3. The lowest BCUT2D eigenvalue weighted by atomic mass is 9.51. The van der Waals surface area contributed by atoms with Crippen LogP contribution in [0.1, 0.15) is 38.3 Å². The lowest BCUT2D eigenvalue weighted by Crippen LogP contribution is -2.64. The van der Waals surface area contributed by atoms with Crippen LogP contribution in [-0.2, 0) is 16.1 Å². The number of anilines is 1. The van der Waals surface area contributed by atoms with Crippen LogP contribution in [0, 0.1) is 5.41 Å². The molecule has 4 rings (SSSR count). The molecule has 0 aromatic carbocycles. The van der Waals surface area contributed by atoms with Gasteiger partial charge >= 0.3 is 0 Å². The average molecular weight is 317 g/mol. The molecule has 0 radical (unpaired) electrons. The number of hydrogen-bond donors (Lipinski definition) is 1. The van der Waals surface area contributed by atoms with Gasteiger partial charge in [0, 0.05) is 31.2 Å². The number of aromatic nitrogens is 4. The first-order valence-corrected chi connectivity index (χ1v) is 8.33. The maximum atomic E-state index is 5.93.